The third-order valence-corrected chi connectivity index (χ3v) is 3.74. The van der Waals surface area contributed by atoms with Gasteiger partial charge in [-0.05, 0) is 37.5 Å². The first-order valence-corrected chi connectivity index (χ1v) is 7.70. The van der Waals surface area contributed by atoms with E-state index in [4.69, 9.17) is 5.73 Å². The zero-order valence-corrected chi connectivity index (χ0v) is 12.8. The van der Waals surface area contributed by atoms with Gasteiger partial charge >= 0.3 is 0 Å². The van der Waals surface area contributed by atoms with Gasteiger partial charge in [0.25, 0.3) is 0 Å². The molecule has 0 radical (unpaired) electrons. The summed E-state index contributed by atoms with van der Waals surface area (Å²) in [6.45, 7) is 12.3. The molecule has 0 aromatic heterocycles. The Balaban J connectivity index is 2.66. The Morgan fingerprint density at radius 2 is 1.50 bits per heavy atom. The van der Waals surface area contributed by atoms with Crippen molar-refractivity contribution in [2.75, 3.05) is 19.6 Å². The first-order chi connectivity index (χ1) is 8.47. The van der Waals surface area contributed by atoms with Gasteiger partial charge in [0.2, 0.25) is 0 Å². The van der Waals surface area contributed by atoms with Crippen molar-refractivity contribution >= 4 is 0 Å². The highest BCUT2D eigenvalue weighted by atomic mass is 15.5. The Morgan fingerprint density at radius 3 is 1.89 bits per heavy atom. The molecule has 0 aliphatic carbocycles. The molecule has 0 unspecified atom stereocenters. The molecule has 0 saturated carbocycles. The Kier molecular flexibility index (Phi) is 6.61. The minimum atomic E-state index is 0.0969. The standard InChI is InChI=1S/C15H33N3/c1-13(2)10-15(12-16,11-14(3)4)17-18-8-6-5-7-9-18/h13-14,17H,5-12,16H2,1-4H3. The molecular weight excluding hydrogens is 222 g/mol. The van der Waals surface area contributed by atoms with E-state index in [1.54, 1.807) is 0 Å². The van der Waals surface area contributed by atoms with E-state index in [1.165, 1.54) is 32.4 Å². The van der Waals surface area contributed by atoms with Crippen molar-refractivity contribution in [3.05, 3.63) is 0 Å². The van der Waals surface area contributed by atoms with Crippen molar-refractivity contribution in [2.24, 2.45) is 17.6 Å². The zero-order valence-electron chi connectivity index (χ0n) is 12.8. The molecule has 3 nitrogen and oxygen atoms in total. The first kappa shape index (κ1) is 15.9. The van der Waals surface area contributed by atoms with E-state index in [1.807, 2.05) is 0 Å². The van der Waals surface area contributed by atoms with Gasteiger partial charge in [0.15, 0.2) is 0 Å². The number of hydrazine groups is 1. The van der Waals surface area contributed by atoms with Crippen LogP contribution in [0.5, 0.6) is 0 Å². The van der Waals surface area contributed by atoms with Crippen LogP contribution in [0.2, 0.25) is 0 Å². The van der Waals surface area contributed by atoms with Gasteiger partial charge in [-0.25, -0.2) is 10.4 Å². The van der Waals surface area contributed by atoms with Crippen molar-refractivity contribution in [3.63, 3.8) is 0 Å². The number of nitrogens with two attached hydrogens (primary N) is 1. The molecule has 0 aromatic carbocycles. The van der Waals surface area contributed by atoms with Crippen LogP contribution in [-0.4, -0.2) is 30.2 Å². The molecule has 1 heterocycles. The largest absolute Gasteiger partial charge is 0.329 e. The van der Waals surface area contributed by atoms with Gasteiger partial charge in [-0.1, -0.05) is 34.1 Å². The first-order valence-electron chi connectivity index (χ1n) is 7.70. The zero-order chi connectivity index (χ0) is 13.6. The van der Waals surface area contributed by atoms with E-state index in [2.05, 4.69) is 38.1 Å². The Morgan fingerprint density at radius 1 is 1.00 bits per heavy atom. The van der Waals surface area contributed by atoms with Gasteiger partial charge in [0.05, 0.1) is 0 Å². The molecule has 3 heteroatoms. The highest BCUT2D eigenvalue weighted by molar-refractivity contribution is 4.90. The van der Waals surface area contributed by atoms with E-state index in [-0.39, 0.29) is 5.54 Å². The van der Waals surface area contributed by atoms with Crippen LogP contribution in [0.4, 0.5) is 0 Å². The maximum atomic E-state index is 6.13. The lowest BCUT2D eigenvalue weighted by Crippen LogP contribution is -2.60. The number of nitrogens with zero attached hydrogens (tertiary/aromatic N) is 1. The van der Waals surface area contributed by atoms with E-state index < -0.39 is 0 Å². The van der Waals surface area contributed by atoms with Crippen LogP contribution in [0.15, 0.2) is 0 Å². The van der Waals surface area contributed by atoms with Crippen molar-refractivity contribution in [1.29, 1.82) is 0 Å². The monoisotopic (exact) mass is 255 g/mol. The summed E-state index contributed by atoms with van der Waals surface area (Å²) >= 11 is 0. The molecule has 1 saturated heterocycles. The van der Waals surface area contributed by atoms with Gasteiger partial charge in [0.1, 0.15) is 0 Å². The Bertz CT molecular complexity index is 210. The molecule has 108 valence electrons. The van der Waals surface area contributed by atoms with Gasteiger partial charge in [-0.15, -0.1) is 0 Å². The Labute approximate surface area is 113 Å². The number of hydrogen-bond acceptors (Lipinski definition) is 3. The lowest BCUT2D eigenvalue weighted by molar-refractivity contribution is 0.0594. The molecule has 0 aromatic rings. The van der Waals surface area contributed by atoms with E-state index in [0.717, 1.165) is 19.4 Å². The molecule has 1 fully saturated rings. The second kappa shape index (κ2) is 7.46. The fraction of sp³-hybridized carbons (Fsp3) is 1.00. The maximum absolute atomic E-state index is 6.13. The van der Waals surface area contributed by atoms with Gasteiger partial charge in [0, 0.05) is 25.2 Å². The number of piperidine rings is 1. The molecule has 0 amide bonds. The van der Waals surface area contributed by atoms with Crippen LogP contribution < -0.4 is 11.2 Å². The van der Waals surface area contributed by atoms with Crippen LogP contribution in [-0.2, 0) is 0 Å². The lowest BCUT2D eigenvalue weighted by Gasteiger charge is -2.42. The number of nitrogens with one attached hydrogen (secondary N) is 1. The molecular formula is C15H33N3. The van der Waals surface area contributed by atoms with Gasteiger partial charge in [-0.2, -0.15) is 0 Å². The van der Waals surface area contributed by atoms with Crippen LogP contribution >= 0.6 is 0 Å². The molecule has 0 spiro atoms. The van der Waals surface area contributed by atoms with Crippen molar-refractivity contribution in [2.45, 2.75) is 65.3 Å². The average Bonchev–Trinajstić information content (AvgIpc) is 2.28. The van der Waals surface area contributed by atoms with Crippen LogP contribution in [0.25, 0.3) is 0 Å². The predicted octanol–water partition coefficient (Wildman–Crippen LogP) is 2.77. The molecule has 1 aliphatic heterocycles. The SMILES string of the molecule is CC(C)CC(CN)(CC(C)C)NN1CCCCC1. The molecule has 18 heavy (non-hydrogen) atoms. The minimum absolute atomic E-state index is 0.0969. The second-order valence-corrected chi connectivity index (χ2v) is 6.84. The summed E-state index contributed by atoms with van der Waals surface area (Å²) in [5.74, 6) is 1.37. The molecule has 0 atom stereocenters. The van der Waals surface area contributed by atoms with Crippen molar-refractivity contribution in [3.8, 4) is 0 Å². The summed E-state index contributed by atoms with van der Waals surface area (Å²) < 4.78 is 0. The summed E-state index contributed by atoms with van der Waals surface area (Å²) in [5.41, 5.74) is 10.0. The molecule has 3 N–H and O–H groups in total. The average molecular weight is 255 g/mol. The van der Waals surface area contributed by atoms with E-state index in [9.17, 15) is 0 Å². The smallest absolute Gasteiger partial charge is 0.0452 e. The molecule has 1 rings (SSSR count). The van der Waals surface area contributed by atoms with Crippen LogP contribution in [0.1, 0.15) is 59.8 Å². The van der Waals surface area contributed by atoms with Crippen molar-refractivity contribution < 1.29 is 0 Å². The normalized spacial score (nSPS) is 18.8. The van der Waals surface area contributed by atoms with Crippen LogP contribution in [0.3, 0.4) is 0 Å². The lowest BCUT2D eigenvalue weighted by atomic mass is 9.82. The fourth-order valence-corrected chi connectivity index (χ4v) is 3.29. The number of hydrogen-bond donors (Lipinski definition) is 2. The van der Waals surface area contributed by atoms with Crippen LogP contribution in [0, 0.1) is 11.8 Å². The topological polar surface area (TPSA) is 41.3 Å². The quantitative estimate of drug-likeness (QED) is 0.735. The summed E-state index contributed by atoms with van der Waals surface area (Å²) in [6, 6.07) is 0. The predicted molar refractivity (Wildman–Crippen MR) is 79.3 cm³/mol. The fourth-order valence-electron chi connectivity index (χ4n) is 3.29. The summed E-state index contributed by atoms with van der Waals surface area (Å²) in [6.07, 6.45) is 6.34. The van der Waals surface area contributed by atoms with E-state index in [0.29, 0.717) is 11.8 Å². The third kappa shape index (κ3) is 5.25. The third-order valence-electron chi connectivity index (χ3n) is 3.74. The second-order valence-electron chi connectivity index (χ2n) is 6.84. The van der Waals surface area contributed by atoms with Gasteiger partial charge in [-0.3, -0.25) is 0 Å². The number of rotatable bonds is 7. The van der Waals surface area contributed by atoms with Gasteiger partial charge < -0.3 is 5.73 Å². The summed E-state index contributed by atoms with van der Waals surface area (Å²) in [4.78, 5) is 0. The molecule has 0 bridgehead atoms. The highest BCUT2D eigenvalue weighted by Gasteiger charge is 2.32. The maximum Gasteiger partial charge on any atom is 0.0452 e. The van der Waals surface area contributed by atoms with E-state index >= 15 is 0 Å². The summed E-state index contributed by atoms with van der Waals surface area (Å²) in [7, 11) is 0. The summed E-state index contributed by atoms with van der Waals surface area (Å²) in [5, 5.41) is 2.42. The Hall–Kier alpha value is -0.120. The molecule has 1 aliphatic rings. The van der Waals surface area contributed by atoms with Crippen molar-refractivity contribution in [1.82, 2.24) is 10.4 Å². The highest BCUT2D eigenvalue weighted by Crippen LogP contribution is 2.25. The minimum Gasteiger partial charge on any atom is -0.329 e.